The van der Waals surface area contributed by atoms with E-state index in [-0.39, 0.29) is 5.91 Å². The summed E-state index contributed by atoms with van der Waals surface area (Å²) in [6, 6.07) is 0. The Hall–Kier alpha value is -0.610. The van der Waals surface area contributed by atoms with Gasteiger partial charge < -0.3 is 15.4 Å². The summed E-state index contributed by atoms with van der Waals surface area (Å²) in [5.41, 5.74) is 0. The van der Waals surface area contributed by atoms with Crippen molar-refractivity contribution in [2.75, 3.05) is 26.2 Å². The number of amides is 1. The van der Waals surface area contributed by atoms with E-state index >= 15 is 0 Å². The second-order valence-corrected chi connectivity index (χ2v) is 5.00. The van der Waals surface area contributed by atoms with E-state index in [9.17, 15) is 4.79 Å². The zero-order valence-corrected chi connectivity index (χ0v) is 11.7. The van der Waals surface area contributed by atoms with Crippen molar-refractivity contribution in [2.45, 2.75) is 46.6 Å². The van der Waals surface area contributed by atoms with Crippen LogP contribution in [-0.2, 0) is 9.53 Å². The summed E-state index contributed by atoms with van der Waals surface area (Å²) in [5.74, 6) is 0.587. The van der Waals surface area contributed by atoms with Crippen molar-refractivity contribution in [2.24, 2.45) is 5.92 Å². The van der Waals surface area contributed by atoms with Gasteiger partial charge in [0.1, 0.15) is 0 Å². The third-order valence-corrected chi connectivity index (χ3v) is 2.19. The molecule has 4 heteroatoms. The molecule has 0 rings (SSSR count). The molecule has 0 aliphatic heterocycles. The predicted octanol–water partition coefficient (Wildman–Crippen LogP) is 1.55. The van der Waals surface area contributed by atoms with E-state index in [2.05, 4.69) is 24.5 Å². The second kappa shape index (κ2) is 10.5. The lowest BCUT2D eigenvalue weighted by molar-refractivity contribution is -0.120. The highest BCUT2D eigenvalue weighted by Crippen LogP contribution is 1.93. The van der Waals surface area contributed by atoms with Gasteiger partial charge in [-0.05, 0) is 39.2 Å². The topological polar surface area (TPSA) is 50.4 Å². The molecule has 0 bridgehead atoms. The van der Waals surface area contributed by atoms with Gasteiger partial charge in [-0.25, -0.2) is 0 Å². The number of hydrogen-bond acceptors (Lipinski definition) is 3. The molecule has 0 aromatic carbocycles. The Labute approximate surface area is 105 Å². The van der Waals surface area contributed by atoms with Crippen molar-refractivity contribution in [1.29, 1.82) is 0 Å². The second-order valence-electron chi connectivity index (χ2n) is 5.00. The number of rotatable bonds is 10. The number of hydrogen-bond donors (Lipinski definition) is 2. The third kappa shape index (κ3) is 13.3. The molecule has 0 aromatic heterocycles. The van der Waals surface area contributed by atoms with Gasteiger partial charge in [0.15, 0.2) is 0 Å². The van der Waals surface area contributed by atoms with Crippen molar-refractivity contribution in [1.82, 2.24) is 10.6 Å². The Morgan fingerprint density at radius 3 is 2.47 bits per heavy atom. The van der Waals surface area contributed by atoms with Gasteiger partial charge in [-0.15, -0.1) is 0 Å². The first kappa shape index (κ1) is 16.4. The largest absolute Gasteiger partial charge is 0.379 e. The molecule has 0 spiro atoms. The van der Waals surface area contributed by atoms with Crippen molar-refractivity contribution in [3.8, 4) is 0 Å². The Balaban J connectivity index is 3.19. The third-order valence-electron chi connectivity index (χ3n) is 2.19. The summed E-state index contributed by atoms with van der Waals surface area (Å²) in [6.45, 7) is 11.1. The van der Waals surface area contributed by atoms with E-state index in [4.69, 9.17) is 4.74 Å². The van der Waals surface area contributed by atoms with E-state index in [1.54, 1.807) is 0 Å². The first-order chi connectivity index (χ1) is 8.02. The maximum Gasteiger partial charge on any atom is 0.233 e. The van der Waals surface area contributed by atoms with Gasteiger partial charge in [0, 0.05) is 13.2 Å². The molecule has 0 heterocycles. The van der Waals surface area contributed by atoms with Crippen LogP contribution < -0.4 is 10.6 Å². The summed E-state index contributed by atoms with van der Waals surface area (Å²) in [6.07, 6.45) is 2.40. The monoisotopic (exact) mass is 244 g/mol. The minimum Gasteiger partial charge on any atom is -0.379 e. The zero-order valence-electron chi connectivity index (χ0n) is 11.7. The first-order valence-electron chi connectivity index (χ1n) is 6.61. The minimum atomic E-state index is 0.0807. The maximum atomic E-state index is 11.3. The maximum absolute atomic E-state index is 11.3. The van der Waals surface area contributed by atoms with Gasteiger partial charge in [-0.3, -0.25) is 4.79 Å². The average molecular weight is 244 g/mol. The molecule has 0 radical (unpaired) electrons. The minimum absolute atomic E-state index is 0.0807. The molecule has 0 saturated heterocycles. The molecule has 0 fully saturated rings. The van der Waals surface area contributed by atoms with Crippen molar-refractivity contribution in [3.05, 3.63) is 0 Å². The molecular formula is C13H28N2O2. The molecule has 2 N–H and O–H groups in total. The van der Waals surface area contributed by atoms with E-state index in [1.807, 2.05) is 13.8 Å². The van der Waals surface area contributed by atoms with Crippen LogP contribution in [0.5, 0.6) is 0 Å². The zero-order chi connectivity index (χ0) is 13.1. The van der Waals surface area contributed by atoms with Crippen molar-refractivity contribution in [3.63, 3.8) is 0 Å². The normalized spacial score (nSPS) is 11.2. The van der Waals surface area contributed by atoms with Gasteiger partial charge in [-0.2, -0.15) is 0 Å². The van der Waals surface area contributed by atoms with Gasteiger partial charge >= 0.3 is 0 Å². The molecule has 0 aliphatic carbocycles. The Kier molecular flexibility index (Phi) is 10.2. The number of ether oxygens (including phenoxy) is 1. The van der Waals surface area contributed by atoms with Gasteiger partial charge in [-0.1, -0.05) is 13.8 Å². The quantitative estimate of drug-likeness (QED) is 0.573. The van der Waals surface area contributed by atoms with Crippen LogP contribution >= 0.6 is 0 Å². The lowest BCUT2D eigenvalue weighted by Crippen LogP contribution is -2.36. The first-order valence-corrected chi connectivity index (χ1v) is 6.61. The van der Waals surface area contributed by atoms with Gasteiger partial charge in [0.05, 0.1) is 12.6 Å². The standard InChI is InChI=1S/C13H28N2O2/c1-11(2)9-15-13(16)10-14-7-5-6-8-17-12(3)4/h11-12,14H,5-10H2,1-4H3,(H,15,16). The molecule has 0 aromatic rings. The van der Waals surface area contributed by atoms with Crippen LogP contribution in [0.3, 0.4) is 0 Å². The average Bonchev–Trinajstić information content (AvgIpc) is 2.24. The lowest BCUT2D eigenvalue weighted by Gasteiger charge is -2.09. The molecule has 0 saturated carbocycles. The molecule has 0 atom stereocenters. The Bertz CT molecular complexity index is 194. The van der Waals surface area contributed by atoms with Crippen LogP contribution in [0.1, 0.15) is 40.5 Å². The van der Waals surface area contributed by atoms with Crippen LogP contribution in [0.25, 0.3) is 0 Å². The smallest absolute Gasteiger partial charge is 0.233 e. The number of unbranched alkanes of at least 4 members (excludes halogenated alkanes) is 1. The predicted molar refractivity (Wildman–Crippen MR) is 71.0 cm³/mol. The summed E-state index contributed by atoms with van der Waals surface area (Å²) in [5, 5.41) is 6.00. The van der Waals surface area contributed by atoms with Crippen molar-refractivity contribution >= 4 is 5.91 Å². The molecule has 4 nitrogen and oxygen atoms in total. The highest BCUT2D eigenvalue weighted by Gasteiger charge is 2.01. The van der Waals surface area contributed by atoms with E-state index in [0.717, 1.165) is 32.5 Å². The van der Waals surface area contributed by atoms with Gasteiger partial charge in [0.25, 0.3) is 0 Å². The Morgan fingerprint density at radius 2 is 1.88 bits per heavy atom. The fraction of sp³-hybridized carbons (Fsp3) is 0.923. The molecular weight excluding hydrogens is 216 g/mol. The Morgan fingerprint density at radius 1 is 1.18 bits per heavy atom. The van der Waals surface area contributed by atoms with Gasteiger partial charge in [0.2, 0.25) is 5.91 Å². The SMILES string of the molecule is CC(C)CNC(=O)CNCCCCOC(C)C. The van der Waals surface area contributed by atoms with Crippen LogP contribution in [0, 0.1) is 5.92 Å². The molecule has 17 heavy (non-hydrogen) atoms. The molecule has 102 valence electrons. The molecule has 1 amide bonds. The highest BCUT2D eigenvalue weighted by atomic mass is 16.5. The summed E-state index contributed by atoms with van der Waals surface area (Å²) in [7, 11) is 0. The summed E-state index contributed by atoms with van der Waals surface area (Å²) in [4.78, 5) is 11.3. The molecule has 0 aliphatic rings. The molecule has 0 unspecified atom stereocenters. The summed E-state index contributed by atoms with van der Waals surface area (Å²) < 4.78 is 5.43. The fourth-order valence-corrected chi connectivity index (χ4v) is 1.25. The highest BCUT2D eigenvalue weighted by molar-refractivity contribution is 5.77. The van der Waals surface area contributed by atoms with Crippen LogP contribution in [0.4, 0.5) is 0 Å². The van der Waals surface area contributed by atoms with E-state index in [0.29, 0.717) is 18.6 Å². The lowest BCUT2D eigenvalue weighted by atomic mass is 10.2. The number of nitrogens with one attached hydrogen (secondary N) is 2. The van der Waals surface area contributed by atoms with E-state index < -0.39 is 0 Å². The van der Waals surface area contributed by atoms with E-state index in [1.165, 1.54) is 0 Å². The number of carbonyl (C=O) groups excluding carboxylic acids is 1. The van der Waals surface area contributed by atoms with Crippen LogP contribution in [-0.4, -0.2) is 38.3 Å². The summed E-state index contributed by atoms with van der Waals surface area (Å²) >= 11 is 0. The van der Waals surface area contributed by atoms with Crippen LogP contribution in [0.15, 0.2) is 0 Å². The van der Waals surface area contributed by atoms with Crippen LogP contribution in [0.2, 0.25) is 0 Å². The van der Waals surface area contributed by atoms with Crippen molar-refractivity contribution < 1.29 is 9.53 Å². The number of carbonyl (C=O) groups is 1. The fourth-order valence-electron chi connectivity index (χ4n) is 1.25.